The van der Waals surface area contributed by atoms with Gasteiger partial charge in [0.15, 0.2) is 0 Å². The van der Waals surface area contributed by atoms with Crippen LogP contribution >= 0.6 is 0 Å². The van der Waals surface area contributed by atoms with Crippen LogP contribution in [0.15, 0.2) is 53.6 Å². The first-order chi connectivity index (χ1) is 15.6. The van der Waals surface area contributed by atoms with E-state index in [9.17, 15) is 14.0 Å². The molecule has 0 spiro atoms. The van der Waals surface area contributed by atoms with Crippen LogP contribution in [0.1, 0.15) is 17.5 Å². The van der Waals surface area contributed by atoms with E-state index in [0.717, 1.165) is 50.4 Å². The van der Waals surface area contributed by atoms with Crippen LogP contribution in [0.2, 0.25) is 0 Å². The number of amides is 2. The minimum atomic E-state index is -0.813. The highest BCUT2D eigenvalue weighted by Gasteiger charge is 2.13. The minimum Gasteiger partial charge on any atom is -0.489 e. The van der Waals surface area contributed by atoms with E-state index >= 15 is 0 Å². The van der Waals surface area contributed by atoms with E-state index in [1.807, 2.05) is 0 Å². The van der Waals surface area contributed by atoms with E-state index in [0.29, 0.717) is 18.9 Å². The van der Waals surface area contributed by atoms with Crippen LogP contribution in [-0.4, -0.2) is 62.3 Å². The molecular weight excluding hydrogens is 415 g/mol. The number of carbonyl (C=O) groups is 2. The Morgan fingerprint density at radius 3 is 2.50 bits per heavy atom. The minimum absolute atomic E-state index is 0.286. The largest absolute Gasteiger partial charge is 0.489 e. The molecule has 1 heterocycles. The SMILES string of the molecule is O=C(NCCCN1CCOCC1)C(=O)N/N=C\c1ccc(OCc2ccc(F)cc2)cc1. The van der Waals surface area contributed by atoms with Crippen molar-refractivity contribution in [3.8, 4) is 5.75 Å². The van der Waals surface area contributed by atoms with Gasteiger partial charge in [0.2, 0.25) is 0 Å². The first-order valence-corrected chi connectivity index (χ1v) is 10.5. The second kappa shape index (κ2) is 12.5. The number of nitrogens with zero attached hydrogens (tertiary/aromatic N) is 2. The lowest BCUT2D eigenvalue weighted by molar-refractivity contribution is -0.139. The molecule has 1 saturated heterocycles. The summed E-state index contributed by atoms with van der Waals surface area (Å²) in [6.07, 6.45) is 2.20. The van der Waals surface area contributed by atoms with Crippen molar-refractivity contribution in [2.75, 3.05) is 39.4 Å². The highest BCUT2D eigenvalue weighted by Crippen LogP contribution is 2.14. The summed E-state index contributed by atoms with van der Waals surface area (Å²) in [7, 11) is 0. The second-order valence-corrected chi connectivity index (χ2v) is 7.25. The number of ether oxygens (including phenoxy) is 2. The maximum absolute atomic E-state index is 12.9. The molecule has 2 N–H and O–H groups in total. The van der Waals surface area contributed by atoms with Crippen molar-refractivity contribution in [3.63, 3.8) is 0 Å². The van der Waals surface area contributed by atoms with E-state index in [1.165, 1.54) is 18.3 Å². The Bertz CT molecular complexity index is 897. The van der Waals surface area contributed by atoms with Crippen LogP contribution in [-0.2, 0) is 20.9 Å². The Labute approximate surface area is 186 Å². The number of benzene rings is 2. The Kier molecular flexibility index (Phi) is 9.15. The fourth-order valence-electron chi connectivity index (χ4n) is 3.02. The molecule has 32 heavy (non-hydrogen) atoms. The average Bonchev–Trinajstić information content (AvgIpc) is 2.83. The number of rotatable bonds is 9. The molecule has 2 amide bonds. The molecule has 0 aromatic heterocycles. The van der Waals surface area contributed by atoms with Gasteiger partial charge in [-0.15, -0.1) is 0 Å². The number of halogens is 1. The summed E-state index contributed by atoms with van der Waals surface area (Å²) in [4.78, 5) is 25.9. The first-order valence-electron chi connectivity index (χ1n) is 10.5. The molecule has 9 heteroatoms. The number of hydrazone groups is 1. The molecule has 0 bridgehead atoms. The number of nitrogens with one attached hydrogen (secondary N) is 2. The number of carbonyl (C=O) groups excluding carboxylic acids is 2. The van der Waals surface area contributed by atoms with Gasteiger partial charge in [-0.2, -0.15) is 5.10 Å². The molecule has 1 aliphatic rings. The van der Waals surface area contributed by atoms with E-state index in [4.69, 9.17) is 9.47 Å². The monoisotopic (exact) mass is 442 g/mol. The van der Waals surface area contributed by atoms with E-state index < -0.39 is 11.8 Å². The molecule has 1 fully saturated rings. The maximum Gasteiger partial charge on any atom is 0.329 e. The zero-order valence-electron chi connectivity index (χ0n) is 17.8. The lowest BCUT2D eigenvalue weighted by Gasteiger charge is -2.26. The van der Waals surface area contributed by atoms with Gasteiger partial charge in [-0.25, -0.2) is 9.82 Å². The molecule has 8 nitrogen and oxygen atoms in total. The van der Waals surface area contributed by atoms with Crippen molar-refractivity contribution in [1.82, 2.24) is 15.6 Å². The van der Waals surface area contributed by atoms with Crippen LogP contribution in [0.25, 0.3) is 0 Å². The fraction of sp³-hybridized carbons (Fsp3) is 0.348. The van der Waals surface area contributed by atoms with E-state index in [1.54, 1.807) is 36.4 Å². The molecule has 2 aromatic carbocycles. The van der Waals surface area contributed by atoms with Crippen molar-refractivity contribution in [1.29, 1.82) is 0 Å². The normalized spacial score (nSPS) is 14.3. The third kappa shape index (κ3) is 8.09. The van der Waals surface area contributed by atoms with Crippen LogP contribution in [0.4, 0.5) is 4.39 Å². The summed E-state index contributed by atoms with van der Waals surface area (Å²) in [5.41, 5.74) is 3.80. The van der Waals surface area contributed by atoms with Crippen molar-refractivity contribution >= 4 is 18.0 Å². The van der Waals surface area contributed by atoms with Crippen molar-refractivity contribution < 1.29 is 23.5 Å². The van der Waals surface area contributed by atoms with E-state index in [2.05, 4.69) is 20.7 Å². The van der Waals surface area contributed by atoms with Crippen molar-refractivity contribution in [2.45, 2.75) is 13.0 Å². The maximum atomic E-state index is 12.9. The molecule has 170 valence electrons. The average molecular weight is 442 g/mol. The summed E-state index contributed by atoms with van der Waals surface area (Å²) in [6.45, 7) is 4.86. The summed E-state index contributed by atoms with van der Waals surface area (Å²) >= 11 is 0. The quantitative estimate of drug-likeness (QED) is 0.267. The number of morpholine rings is 1. The van der Waals surface area contributed by atoms with Crippen LogP contribution in [0, 0.1) is 5.82 Å². The second-order valence-electron chi connectivity index (χ2n) is 7.25. The molecule has 1 aliphatic heterocycles. The third-order valence-corrected chi connectivity index (χ3v) is 4.83. The summed E-state index contributed by atoms with van der Waals surface area (Å²) in [5.74, 6) is -1.17. The van der Waals surface area contributed by atoms with Crippen molar-refractivity contribution in [2.24, 2.45) is 5.10 Å². The lowest BCUT2D eigenvalue weighted by atomic mass is 10.2. The van der Waals surface area contributed by atoms with Gasteiger partial charge in [0, 0.05) is 19.6 Å². The number of hydrogen-bond donors (Lipinski definition) is 2. The molecule has 3 rings (SSSR count). The molecule has 0 saturated carbocycles. The van der Waals surface area contributed by atoms with Crippen LogP contribution in [0.3, 0.4) is 0 Å². The topological polar surface area (TPSA) is 92.3 Å². The molecular formula is C23H27FN4O4. The predicted octanol–water partition coefficient (Wildman–Crippen LogP) is 1.69. The van der Waals surface area contributed by atoms with Gasteiger partial charge >= 0.3 is 11.8 Å². The molecule has 0 unspecified atom stereocenters. The number of hydrogen-bond acceptors (Lipinski definition) is 6. The first kappa shape index (κ1) is 23.4. The molecule has 0 aliphatic carbocycles. The van der Waals surface area contributed by atoms with Gasteiger partial charge in [-0.1, -0.05) is 12.1 Å². The molecule has 2 aromatic rings. The predicted molar refractivity (Wildman–Crippen MR) is 118 cm³/mol. The van der Waals surface area contributed by atoms with Gasteiger partial charge in [0.1, 0.15) is 18.2 Å². The van der Waals surface area contributed by atoms with Gasteiger partial charge < -0.3 is 14.8 Å². The summed E-state index contributed by atoms with van der Waals surface area (Å²) in [6, 6.07) is 13.2. The highest BCUT2D eigenvalue weighted by atomic mass is 19.1. The van der Waals surface area contributed by atoms with Gasteiger partial charge in [-0.05, 0) is 60.5 Å². The van der Waals surface area contributed by atoms with Crippen LogP contribution in [0.5, 0.6) is 5.75 Å². The molecule has 0 atom stereocenters. The van der Waals surface area contributed by atoms with Gasteiger partial charge in [0.05, 0.1) is 19.4 Å². The lowest BCUT2D eigenvalue weighted by Crippen LogP contribution is -2.40. The fourth-order valence-corrected chi connectivity index (χ4v) is 3.02. The zero-order chi connectivity index (χ0) is 22.6. The molecule has 0 radical (unpaired) electrons. The smallest absolute Gasteiger partial charge is 0.329 e. The Morgan fingerprint density at radius 1 is 1.06 bits per heavy atom. The third-order valence-electron chi connectivity index (χ3n) is 4.83. The highest BCUT2D eigenvalue weighted by molar-refractivity contribution is 6.35. The Balaban J connectivity index is 1.32. The van der Waals surface area contributed by atoms with Crippen molar-refractivity contribution in [3.05, 3.63) is 65.5 Å². The van der Waals surface area contributed by atoms with E-state index in [-0.39, 0.29) is 5.82 Å². The standard InChI is InChI=1S/C23H27FN4O4/c24-20-6-2-19(3-7-20)17-32-21-8-4-18(5-9-21)16-26-27-23(30)22(29)25-10-1-11-28-12-14-31-15-13-28/h2-9,16H,1,10-15,17H2,(H,25,29)(H,27,30)/b26-16-. The zero-order valence-corrected chi connectivity index (χ0v) is 17.8. The van der Waals surface area contributed by atoms with Gasteiger partial charge in [-0.3, -0.25) is 14.5 Å². The van der Waals surface area contributed by atoms with Gasteiger partial charge in [0.25, 0.3) is 0 Å². The summed E-state index contributed by atoms with van der Waals surface area (Å²) in [5, 5.41) is 6.40. The van der Waals surface area contributed by atoms with Crippen LogP contribution < -0.4 is 15.5 Å². The Hall–Kier alpha value is -3.30. The summed E-state index contributed by atoms with van der Waals surface area (Å²) < 4.78 is 23.9. The Morgan fingerprint density at radius 2 is 1.78 bits per heavy atom.